The first-order valence-electron chi connectivity index (χ1n) is 6.15. The molecule has 0 aromatic heterocycles. The Labute approximate surface area is 108 Å². The molecule has 1 heterocycles. The van der Waals surface area contributed by atoms with Gasteiger partial charge in [-0.05, 0) is 26.8 Å². The SMILES string of the molecule is CC(O)c1ccccc1N1CCSC(C)(C)C1. The molecular weight excluding hydrogens is 230 g/mol. The van der Waals surface area contributed by atoms with Gasteiger partial charge in [0.15, 0.2) is 0 Å². The monoisotopic (exact) mass is 251 g/mol. The first-order chi connectivity index (χ1) is 7.99. The number of rotatable bonds is 2. The molecule has 1 unspecified atom stereocenters. The van der Waals surface area contributed by atoms with Crippen LogP contribution in [-0.4, -0.2) is 28.7 Å². The summed E-state index contributed by atoms with van der Waals surface area (Å²) in [6, 6.07) is 8.19. The van der Waals surface area contributed by atoms with E-state index in [9.17, 15) is 5.11 Å². The summed E-state index contributed by atoms with van der Waals surface area (Å²) in [6.45, 7) is 8.52. The molecule has 0 aliphatic carbocycles. The third-order valence-electron chi connectivity index (χ3n) is 3.15. The smallest absolute Gasteiger partial charge is 0.0781 e. The van der Waals surface area contributed by atoms with Gasteiger partial charge in [-0.15, -0.1) is 0 Å². The standard InChI is InChI=1S/C14H21NOS/c1-11(16)12-6-4-5-7-13(12)15-8-9-17-14(2,3)10-15/h4-7,11,16H,8-10H2,1-3H3. The molecule has 1 aliphatic rings. The Morgan fingerprint density at radius 3 is 2.71 bits per heavy atom. The highest BCUT2D eigenvalue weighted by Gasteiger charge is 2.28. The van der Waals surface area contributed by atoms with Gasteiger partial charge in [-0.3, -0.25) is 0 Å². The van der Waals surface area contributed by atoms with Crippen LogP contribution in [0.4, 0.5) is 5.69 Å². The molecular formula is C14H21NOS. The molecule has 94 valence electrons. The van der Waals surface area contributed by atoms with Crippen molar-refractivity contribution < 1.29 is 5.11 Å². The number of hydrogen-bond donors (Lipinski definition) is 1. The summed E-state index contributed by atoms with van der Waals surface area (Å²) in [6.07, 6.45) is -0.399. The lowest BCUT2D eigenvalue weighted by Gasteiger charge is -2.40. The molecule has 0 saturated carbocycles. The molecule has 1 N–H and O–H groups in total. The minimum atomic E-state index is -0.399. The Kier molecular flexibility index (Phi) is 3.69. The highest BCUT2D eigenvalue weighted by Crippen LogP contribution is 2.34. The Bertz CT molecular complexity index is 390. The van der Waals surface area contributed by atoms with Crippen LogP contribution in [0.5, 0.6) is 0 Å². The van der Waals surface area contributed by atoms with Crippen LogP contribution < -0.4 is 4.90 Å². The van der Waals surface area contributed by atoms with Crippen molar-refractivity contribution in [3.8, 4) is 0 Å². The summed E-state index contributed by atoms with van der Waals surface area (Å²) >= 11 is 2.03. The van der Waals surface area contributed by atoms with E-state index in [4.69, 9.17) is 0 Å². The maximum absolute atomic E-state index is 9.83. The molecule has 0 spiro atoms. The minimum Gasteiger partial charge on any atom is -0.389 e. The highest BCUT2D eigenvalue weighted by atomic mass is 32.2. The fourth-order valence-electron chi connectivity index (χ4n) is 2.35. The second-order valence-corrected chi connectivity index (χ2v) is 7.07. The molecule has 1 aromatic carbocycles. The van der Waals surface area contributed by atoms with E-state index in [1.807, 2.05) is 30.8 Å². The molecule has 0 radical (unpaired) electrons. The van der Waals surface area contributed by atoms with Crippen molar-refractivity contribution in [1.29, 1.82) is 0 Å². The van der Waals surface area contributed by atoms with Crippen molar-refractivity contribution in [2.24, 2.45) is 0 Å². The van der Waals surface area contributed by atoms with Crippen molar-refractivity contribution >= 4 is 17.4 Å². The quantitative estimate of drug-likeness (QED) is 0.874. The van der Waals surface area contributed by atoms with Gasteiger partial charge in [-0.1, -0.05) is 18.2 Å². The van der Waals surface area contributed by atoms with Gasteiger partial charge in [0.2, 0.25) is 0 Å². The highest BCUT2D eigenvalue weighted by molar-refractivity contribution is 8.00. The average molecular weight is 251 g/mol. The first kappa shape index (κ1) is 12.8. The number of hydrogen-bond acceptors (Lipinski definition) is 3. The zero-order valence-electron chi connectivity index (χ0n) is 10.8. The van der Waals surface area contributed by atoms with Crippen LogP contribution in [0.15, 0.2) is 24.3 Å². The molecule has 1 fully saturated rings. The van der Waals surface area contributed by atoms with E-state index in [0.717, 1.165) is 24.4 Å². The van der Waals surface area contributed by atoms with Gasteiger partial charge in [-0.2, -0.15) is 11.8 Å². The fourth-order valence-corrected chi connectivity index (χ4v) is 3.46. The Morgan fingerprint density at radius 2 is 2.06 bits per heavy atom. The van der Waals surface area contributed by atoms with Crippen LogP contribution >= 0.6 is 11.8 Å². The third-order valence-corrected chi connectivity index (χ3v) is 4.45. The number of thioether (sulfide) groups is 1. The number of aliphatic hydroxyl groups excluding tert-OH is 1. The number of aliphatic hydroxyl groups is 1. The van der Waals surface area contributed by atoms with Crippen LogP contribution in [0.1, 0.15) is 32.4 Å². The lowest BCUT2D eigenvalue weighted by atomic mass is 10.1. The zero-order chi connectivity index (χ0) is 12.5. The van der Waals surface area contributed by atoms with E-state index in [2.05, 4.69) is 30.9 Å². The first-order valence-corrected chi connectivity index (χ1v) is 7.14. The van der Waals surface area contributed by atoms with E-state index in [1.165, 1.54) is 5.69 Å². The summed E-state index contributed by atoms with van der Waals surface area (Å²) in [5.41, 5.74) is 2.23. The van der Waals surface area contributed by atoms with Crippen LogP contribution in [0.25, 0.3) is 0 Å². The van der Waals surface area contributed by atoms with Crippen LogP contribution in [0.2, 0.25) is 0 Å². The predicted octanol–water partition coefficient (Wildman–Crippen LogP) is 3.07. The summed E-state index contributed by atoms with van der Waals surface area (Å²) in [4.78, 5) is 2.40. The van der Waals surface area contributed by atoms with Crippen molar-refractivity contribution in [2.45, 2.75) is 31.6 Å². The molecule has 1 atom stereocenters. The molecule has 3 heteroatoms. The van der Waals surface area contributed by atoms with E-state index < -0.39 is 6.10 Å². The zero-order valence-corrected chi connectivity index (χ0v) is 11.6. The molecule has 0 amide bonds. The largest absolute Gasteiger partial charge is 0.389 e. The van der Waals surface area contributed by atoms with Gasteiger partial charge >= 0.3 is 0 Å². The molecule has 1 aliphatic heterocycles. The third kappa shape index (κ3) is 2.96. The average Bonchev–Trinajstić information content (AvgIpc) is 2.27. The summed E-state index contributed by atoms with van der Waals surface area (Å²) in [5.74, 6) is 1.15. The predicted molar refractivity (Wildman–Crippen MR) is 75.8 cm³/mol. The number of benzene rings is 1. The number of para-hydroxylation sites is 1. The molecule has 1 saturated heterocycles. The van der Waals surface area contributed by atoms with Crippen molar-refractivity contribution in [2.75, 3.05) is 23.7 Å². The number of anilines is 1. The van der Waals surface area contributed by atoms with Crippen molar-refractivity contribution in [3.63, 3.8) is 0 Å². The summed E-state index contributed by atoms with van der Waals surface area (Å²) < 4.78 is 0.296. The number of nitrogens with zero attached hydrogens (tertiary/aromatic N) is 1. The topological polar surface area (TPSA) is 23.5 Å². The second kappa shape index (κ2) is 4.91. The van der Waals surface area contributed by atoms with E-state index in [-0.39, 0.29) is 0 Å². The van der Waals surface area contributed by atoms with Crippen LogP contribution in [0.3, 0.4) is 0 Å². The molecule has 17 heavy (non-hydrogen) atoms. The molecule has 2 nitrogen and oxygen atoms in total. The summed E-state index contributed by atoms with van der Waals surface area (Å²) in [5, 5.41) is 9.83. The van der Waals surface area contributed by atoms with Crippen LogP contribution in [-0.2, 0) is 0 Å². The van der Waals surface area contributed by atoms with Gasteiger partial charge in [0.05, 0.1) is 6.10 Å². The van der Waals surface area contributed by atoms with E-state index in [1.54, 1.807) is 0 Å². The van der Waals surface area contributed by atoms with E-state index in [0.29, 0.717) is 4.75 Å². The van der Waals surface area contributed by atoms with Gasteiger partial charge in [0.1, 0.15) is 0 Å². The lowest BCUT2D eigenvalue weighted by Crippen LogP contribution is -2.43. The fraction of sp³-hybridized carbons (Fsp3) is 0.571. The van der Waals surface area contributed by atoms with Crippen molar-refractivity contribution in [3.05, 3.63) is 29.8 Å². The Morgan fingerprint density at radius 1 is 1.35 bits per heavy atom. The molecule has 1 aromatic rings. The van der Waals surface area contributed by atoms with Gasteiger partial charge in [0.25, 0.3) is 0 Å². The maximum atomic E-state index is 9.83. The second-order valence-electron chi connectivity index (χ2n) is 5.26. The minimum absolute atomic E-state index is 0.296. The Hall–Kier alpha value is -0.670. The van der Waals surface area contributed by atoms with Gasteiger partial charge in [-0.25, -0.2) is 0 Å². The molecule has 2 rings (SSSR count). The van der Waals surface area contributed by atoms with Gasteiger partial charge < -0.3 is 10.0 Å². The molecule has 0 bridgehead atoms. The summed E-state index contributed by atoms with van der Waals surface area (Å²) in [7, 11) is 0. The van der Waals surface area contributed by atoms with Gasteiger partial charge in [0, 0.05) is 34.8 Å². The Balaban J connectivity index is 2.27. The lowest BCUT2D eigenvalue weighted by molar-refractivity contribution is 0.199. The maximum Gasteiger partial charge on any atom is 0.0781 e. The van der Waals surface area contributed by atoms with Crippen LogP contribution in [0, 0.1) is 0 Å². The van der Waals surface area contributed by atoms with Crippen molar-refractivity contribution in [1.82, 2.24) is 0 Å². The normalized spacial score (nSPS) is 21.3. The van der Waals surface area contributed by atoms with E-state index >= 15 is 0 Å².